The molecule has 4 heteroatoms. The van der Waals surface area contributed by atoms with Gasteiger partial charge in [-0.05, 0) is 45.8 Å². The monoisotopic (exact) mass is 213 g/mol. The van der Waals surface area contributed by atoms with Gasteiger partial charge in [0.05, 0.1) is 6.04 Å². The summed E-state index contributed by atoms with van der Waals surface area (Å²) in [4.78, 5) is 15.7. The number of nitrogens with two attached hydrogens (primary N) is 1. The number of likely N-dealkylation sites (N-methyl/N-ethyl adjacent to an activating group) is 1. The average Bonchev–Trinajstić information content (AvgIpc) is 2.20. The molecule has 4 nitrogen and oxygen atoms in total. The van der Waals surface area contributed by atoms with Gasteiger partial charge in [0.15, 0.2) is 0 Å². The van der Waals surface area contributed by atoms with Crippen molar-refractivity contribution in [2.45, 2.75) is 25.8 Å². The summed E-state index contributed by atoms with van der Waals surface area (Å²) in [6.45, 7) is 4.89. The quantitative estimate of drug-likeness (QED) is 0.725. The van der Waals surface area contributed by atoms with Crippen molar-refractivity contribution in [3.05, 3.63) is 0 Å². The van der Waals surface area contributed by atoms with E-state index in [9.17, 15) is 4.79 Å². The molecule has 0 aromatic carbocycles. The van der Waals surface area contributed by atoms with Crippen LogP contribution >= 0.6 is 0 Å². The van der Waals surface area contributed by atoms with E-state index in [0.29, 0.717) is 5.92 Å². The van der Waals surface area contributed by atoms with Crippen LogP contribution in [0.25, 0.3) is 0 Å². The predicted octanol–water partition coefficient (Wildman–Crippen LogP) is 0.134. The highest BCUT2D eigenvalue weighted by Crippen LogP contribution is 2.16. The topological polar surface area (TPSA) is 49.6 Å². The minimum Gasteiger partial charge on any atom is -0.344 e. The molecule has 1 atom stereocenters. The molecule has 1 aliphatic rings. The minimum atomic E-state index is -0.374. The van der Waals surface area contributed by atoms with Crippen LogP contribution in [0.2, 0.25) is 0 Å². The van der Waals surface area contributed by atoms with Gasteiger partial charge >= 0.3 is 0 Å². The van der Waals surface area contributed by atoms with Gasteiger partial charge in [0.1, 0.15) is 0 Å². The number of carbonyl (C=O) groups is 1. The Labute approximate surface area is 92.4 Å². The van der Waals surface area contributed by atoms with Crippen LogP contribution in [-0.4, -0.2) is 55.5 Å². The number of carbonyl (C=O) groups excluding carboxylic acids is 1. The zero-order valence-electron chi connectivity index (χ0n) is 10.1. The van der Waals surface area contributed by atoms with Gasteiger partial charge < -0.3 is 15.5 Å². The Morgan fingerprint density at radius 2 is 2.07 bits per heavy atom. The fourth-order valence-electron chi connectivity index (χ4n) is 2.07. The average molecular weight is 213 g/mol. The summed E-state index contributed by atoms with van der Waals surface area (Å²) >= 11 is 0. The molecule has 1 fully saturated rings. The molecule has 1 aliphatic heterocycles. The van der Waals surface area contributed by atoms with Crippen molar-refractivity contribution in [2.75, 3.05) is 33.7 Å². The molecule has 0 unspecified atom stereocenters. The van der Waals surface area contributed by atoms with Crippen molar-refractivity contribution in [1.29, 1.82) is 0 Å². The molecule has 1 saturated heterocycles. The molecule has 0 radical (unpaired) electrons. The van der Waals surface area contributed by atoms with E-state index < -0.39 is 0 Å². The first kappa shape index (κ1) is 12.5. The Hall–Kier alpha value is -0.610. The van der Waals surface area contributed by atoms with Gasteiger partial charge in [-0.1, -0.05) is 0 Å². The second-order valence-corrected chi connectivity index (χ2v) is 4.75. The van der Waals surface area contributed by atoms with Crippen LogP contribution in [0.4, 0.5) is 0 Å². The second-order valence-electron chi connectivity index (χ2n) is 4.75. The third kappa shape index (κ3) is 3.80. The van der Waals surface area contributed by atoms with E-state index in [1.54, 1.807) is 11.8 Å². The normalized spacial score (nSPS) is 21.3. The lowest BCUT2D eigenvalue weighted by Crippen LogP contribution is -2.43. The van der Waals surface area contributed by atoms with E-state index in [0.717, 1.165) is 19.6 Å². The van der Waals surface area contributed by atoms with Crippen molar-refractivity contribution in [2.24, 2.45) is 11.7 Å². The first-order valence-electron chi connectivity index (χ1n) is 5.69. The van der Waals surface area contributed by atoms with Crippen LogP contribution in [0, 0.1) is 5.92 Å². The van der Waals surface area contributed by atoms with Gasteiger partial charge in [0.2, 0.25) is 5.91 Å². The van der Waals surface area contributed by atoms with Gasteiger partial charge in [-0.2, -0.15) is 0 Å². The van der Waals surface area contributed by atoms with Gasteiger partial charge in [-0.25, -0.2) is 0 Å². The molecule has 88 valence electrons. The Kier molecular flexibility index (Phi) is 4.54. The van der Waals surface area contributed by atoms with Crippen LogP contribution in [0.15, 0.2) is 0 Å². The maximum Gasteiger partial charge on any atom is 0.238 e. The molecule has 1 heterocycles. The number of amides is 1. The van der Waals surface area contributed by atoms with Crippen molar-refractivity contribution < 1.29 is 4.79 Å². The number of hydrogen-bond acceptors (Lipinski definition) is 3. The lowest BCUT2D eigenvalue weighted by molar-refractivity contribution is -0.131. The van der Waals surface area contributed by atoms with Crippen molar-refractivity contribution >= 4 is 5.91 Å². The van der Waals surface area contributed by atoms with Crippen LogP contribution in [0.1, 0.15) is 19.8 Å². The fraction of sp³-hybridized carbons (Fsp3) is 0.909. The summed E-state index contributed by atoms with van der Waals surface area (Å²) in [6, 6.07) is -0.374. The SMILES string of the molecule is C[C@H](N)C(=O)N(C)CC1CCN(C)CC1. The third-order valence-corrected chi connectivity index (χ3v) is 3.14. The van der Waals surface area contributed by atoms with E-state index in [4.69, 9.17) is 5.73 Å². The van der Waals surface area contributed by atoms with Gasteiger partial charge in [0, 0.05) is 13.6 Å². The standard InChI is InChI=1S/C11H23N3O/c1-9(12)11(15)14(3)8-10-4-6-13(2)7-5-10/h9-10H,4-8,12H2,1-3H3/t9-/m0/s1. The first-order chi connectivity index (χ1) is 7.00. The summed E-state index contributed by atoms with van der Waals surface area (Å²) in [6.07, 6.45) is 2.38. The van der Waals surface area contributed by atoms with Gasteiger partial charge in [-0.15, -0.1) is 0 Å². The highest BCUT2D eigenvalue weighted by atomic mass is 16.2. The number of rotatable bonds is 3. The molecule has 1 amide bonds. The zero-order chi connectivity index (χ0) is 11.4. The molecule has 2 N–H and O–H groups in total. The highest BCUT2D eigenvalue weighted by molar-refractivity contribution is 5.80. The fourth-order valence-corrected chi connectivity index (χ4v) is 2.07. The molecular formula is C11H23N3O. The van der Waals surface area contributed by atoms with Crippen molar-refractivity contribution in [3.8, 4) is 0 Å². The van der Waals surface area contributed by atoms with E-state index in [1.165, 1.54) is 12.8 Å². The molecule has 0 aromatic heterocycles. The van der Waals surface area contributed by atoms with Crippen LogP contribution in [-0.2, 0) is 4.79 Å². The van der Waals surface area contributed by atoms with E-state index in [1.807, 2.05) is 7.05 Å². The number of nitrogens with zero attached hydrogens (tertiary/aromatic N) is 2. The molecule has 0 aliphatic carbocycles. The lowest BCUT2D eigenvalue weighted by atomic mass is 9.96. The van der Waals surface area contributed by atoms with Crippen molar-refractivity contribution in [3.63, 3.8) is 0 Å². The summed E-state index contributed by atoms with van der Waals surface area (Å²) < 4.78 is 0. The first-order valence-corrected chi connectivity index (χ1v) is 5.69. The predicted molar refractivity (Wildman–Crippen MR) is 61.5 cm³/mol. The molecule has 0 aromatic rings. The van der Waals surface area contributed by atoms with E-state index >= 15 is 0 Å². The Morgan fingerprint density at radius 1 is 1.53 bits per heavy atom. The molecule has 0 spiro atoms. The third-order valence-electron chi connectivity index (χ3n) is 3.14. The summed E-state index contributed by atoms with van der Waals surface area (Å²) in [7, 11) is 4.00. The summed E-state index contributed by atoms with van der Waals surface area (Å²) in [5.41, 5.74) is 5.56. The number of likely N-dealkylation sites (tertiary alicyclic amines) is 1. The molecule has 0 bridgehead atoms. The van der Waals surface area contributed by atoms with E-state index in [2.05, 4.69) is 11.9 Å². The maximum atomic E-state index is 11.6. The minimum absolute atomic E-state index is 0.0499. The number of hydrogen-bond donors (Lipinski definition) is 1. The Morgan fingerprint density at radius 3 is 2.53 bits per heavy atom. The molecule has 1 rings (SSSR count). The van der Waals surface area contributed by atoms with Gasteiger partial charge in [0.25, 0.3) is 0 Å². The van der Waals surface area contributed by atoms with E-state index in [-0.39, 0.29) is 11.9 Å². The van der Waals surface area contributed by atoms with Crippen LogP contribution in [0.5, 0.6) is 0 Å². The Balaban J connectivity index is 2.32. The molecular weight excluding hydrogens is 190 g/mol. The van der Waals surface area contributed by atoms with Gasteiger partial charge in [-0.3, -0.25) is 4.79 Å². The zero-order valence-corrected chi connectivity index (χ0v) is 10.1. The van der Waals surface area contributed by atoms with Crippen LogP contribution < -0.4 is 5.73 Å². The maximum absolute atomic E-state index is 11.6. The largest absolute Gasteiger partial charge is 0.344 e. The smallest absolute Gasteiger partial charge is 0.238 e. The lowest BCUT2D eigenvalue weighted by Gasteiger charge is -2.32. The van der Waals surface area contributed by atoms with Crippen molar-refractivity contribution in [1.82, 2.24) is 9.80 Å². The highest BCUT2D eigenvalue weighted by Gasteiger charge is 2.21. The number of piperidine rings is 1. The Bertz CT molecular complexity index is 210. The van der Waals surface area contributed by atoms with Crippen LogP contribution in [0.3, 0.4) is 0 Å². The summed E-state index contributed by atoms with van der Waals surface area (Å²) in [5.74, 6) is 0.697. The second kappa shape index (κ2) is 5.47. The molecule has 15 heavy (non-hydrogen) atoms. The summed E-state index contributed by atoms with van der Waals surface area (Å²) in [5, 5.41) is 0. The molecule has 0 saturated carbocycles.